The van der Waals surface area contributed by atoms with Crippen LogP contribution in [0.4, 0.5) is 9.59 Å². The van der Waals surface area contributed by atoms with Crippen LogP contribution in [0, 0.1) is 23.7 Å². The molecule has 1 aromatic heterocycles. The standard InChI is InChI=1S/C50H74N6O12/c1-11-37-50(8)41(54-47(61)68-50)31(4)38(57)29(2)28-49(7,67-46(60)53-22-15-17-34-18-20-35(21-19-34)43-51-23-16-24-52-43)42(66-45-39(58)36(55(9)10)27-30(3)63-45)32(5)40(33(6)44(59)64-37)65-48(62)56-25-13-12-14-26-56/h15-21,23-24,29-33,36-37,39-42,45,48,58,62H,11-14,22,25-28H2,1-10H3,(H,53,60)(H,54,61)/b17-15+/t29-,30-,31+,32+,33-,36+,37-,39-,40+,41-,42-,45+,48?,49-,50-/m1/s1. The molecule has 2 amide bonds. The normalized spacial score (nSPS) is 36.0. The molecule has 4 saturated heterocycles. The number of carbonyl (C=O) groups excluding carboxylic acids is 4. The number of aliphatic hydroxyl groups excluding tert-OH is 2. The summed E-state index contributed by atoms with van der Waals surface area (Å²) in [6.07, 6.45) is 1.05. The molecule has 2 aromatic rings. The van der Waals surface area contributed by atoms with Crippen molar-refractivity contribution in [2.24, 2.45) is 23.7 Å². The number of hydrogen-bond donors (Lipinski definition) is 4. The van der Waals surface area contributed by atoms with Crippen molar-refractivity contribution >= 4 is 30.0 Å². The van der Waals surface area contributed by atoms with Crippen molar-refractivity contribution in [2.75, 3.05) is 33.7 Å². The van der Waals surface area contributed by atoms with E-state index in [0.29, 0.717) is 25.3 Å². The fraction of sp³-hybridized carbons (Fsp3) is 0.680. The van der Waals surface area contributed by atoms with Crippen molar-refractivity contribution in [1.29, 1.82) is 0 Å². The highest BCUT2D eigenvalue weighted by atomic mass is 16.7. The first-order chi connectivity index (χ1) is 32.3. The molecule has 0 radical (unpaired) electrons. The zero-order valence-electron chi connectivity index (χ0n) is 41.3. The van der Waals surface area contributed by atoms with Gasteiger partial charge in [0.15, 0.2) is 17.7 Å². The van der Waals surface area contributed by atoms with Gasteiger partial charge in [0.1, 0.15) is 29.7 Å². The van der Waals surface area contributed by atoms with Gasteiger partial charge in [-0.15, -0.1) is 0 Å². The largest absolute Gasteiger partial charge is 0.458 e. The predicted octanol–water partition coefficient (Wildman–Crippen LogP) is 5.31. The molecular formula is C50H74N6O12. The monoisotopic (exact) mass is 951 g/mol. The van der Waals surface area contributed by atoms with E-state index in [1.54, 1.807) is 77.9 Å². The van der Waals surface area contributed by atoms with E-state index in [0.717, 1.165) is 30.4 Å². The van der Waals surface area contributed by atoms with Crippen LogP contribution in [0.3, 0.4) is 0 Å². The van der Waals surface area contributed by atoms with Crippen LogP contribution in [-0.4, -0.2) is 154 Å². The van der Waals surface area contributed by atoms with Gasteiger partial charge in [-0.05, 0) is 85.5 Å². The molecule has 4 N–H and O–H groups in total. The number of nitrogens with one attached hydrogen (secondary N) is 2. The first-order valence-corrected chi connectivity index (χ1v) is 24.2. The van der Waals surface area contributed by atoms with Gasteiger partial charge in [-0.1, -0.05) is 70.5 Å². The number of esters is 1. The highest BCUT2D eigenvalue weighted by Gasteiger charge is 2.58. The zero-order valence-corrected chi connectivity index (χ0v) is 41.3. The Labute approximate surface area is 400 Å². The summed E-state index contributed by atoms with van der Waals surface area (Å²) in [4.78, 5) is 68.9. The molecule has 1 aromatic carbocycles. The van der Waals surface area contributed by atoms with Crippen LogP contribution in [0.5, 0.6) is 0 Å². The Morgan fingerprint density at radius 1 is 1.03 bits per heavy atom. The lowest BCUT2D eigenvalue weighted by molar-refractivity contribution is -0.307. The molecule has 0 saturated carbocycles. The van der Waals surface area contributed by atoms with E-state index in [9.17, 15) is 29.4 Å². The van der Waals surface area contributed by atoms with E-state index in [-0.39, 0.29) is 37.3 Å². The predicted molar refractivity (Wildman–Crippen MR) is 251 cm³/mol. The summed E-state index contributed by atoms with van der Waals surface area (Å²) in [6, 6.07) is 8.11. The minimum Gasteiger partial charge on any atom is -0.458 e. The first kappa shape index (κ1) is 52.8. The molecule has 4 fully saturated rings. The Morgan fingerprint density at radius 3 is 2.35 bits per heavy atom. The number of hydrogen-bond acceptors (Lipinski definition) is 16. The molecule has 68 heavy (non-hydrogen) atoms. The van der Waals surface area contributed by atoms with E-state index in [2.05, 4.69) is 20.6 Å². The Bertz CT molecular complexity index is 2040. The summed E-state index contributed by atoms with van der Waals surface area (Å²) in [7, 11) is 3.71. The lowest BCUT2D eigenvalue weighted by atomic mass is 9.73. The number of cyclic esters (lactones) is 1. The number of aliphatic hydroxyl groups is 2. The number of ketones is 1. The molecule has 376 valence electrons. The van der Waals surface area contributed by atoms with Gasteiger partial charge in [0.05, 0.1) is 24.2 Å². The van der Waals surface area contributed by atoms with Crippen LogP contribution < -0.4 is 10.6 Å². The number of piperidine rings is 1. The highest BCUT2D eigenvalue weighted by molar-refractivity contribution is 5.85. The molecule has 5 heterocycles. The fourth-order valence-corrected chi connectivity index (χ4v) is 10.6. The molecule has 0 aliphatic carbocycles. The second-order valence-corrected chi connectivity index (χ2v) is 19.8. The Morgan fingerprint density at radius 2 is 1.71 bits per heavy atom. The second kappa shape index (κ2) is 22.9. The van der Waals surface area contributed by atoms with Crippen LogP contribution >= 0.6 is 0 Å². The average Bonchev–Trinajstić information content (AvgIpc) is 3.64. The van der Waals surface area contributed by atoms with Gasteiger partial charge in [-0.2, -0.15) is 0 Å². The minimum absolute atomic E-state index is 0.0622. The van der Waals surface area contributed by atoms with E-state index in [4.69, 9.17) is 28.4 Å². The molecule has 6 rings (SSSR count). The number of rotatable bonds is 12. The van der Waals surface area contributed by atoms with Crippen molar-refractivity contribution in [3.63, 3.8) is 0 Å². The third-order valence-corrected chi connectivity index (χ3v) is 14.4. The van der Waals surface area contributed by atoms with E-state index in [1.165, 1.54) is 0 Å². The summed E-state index contributed by atoms with van der Waals surface area (Å²) in [6.45, 7) is 15.0. The average molecular weight is 951 g/mol. The van der Waals surface area contributed by atoms with Crippen LogP contribution in [0.1, 0.15) is 99.5 Å². The van der Waals surface area contributed by atoms with E-state index >= 15 is 0 Å². The molecule has 0 bridgehead atoms. The van der Waals surface area contributed by atoms with Crippen molar-refractivity contribution in [3.05, 3.63) is 54.4 Å². The highest BCUT2D eigenvalue weighted by Crippen LogP contribution is 2.42. The maximum absolute atomic E-state index is 14.8. The van der Waals surface area contributed by atoms with Crippen molar-refractivity contribution < 1.29 is 57.8 Å². The summed E-state index contributed by atoms with van der Waals surface area (Å²) in [5.41, 5.74) is -1.44. The maximum Gasteiger partial charge on any atom is 0.408 e. The van der Waals surface area contributed by atoms with Crippen LogP contribution in [0.2, 0.25) is 0 Å². The van der Waals surface area contributed by atoms with Crippen molar-refractivity contribution in [1.82, 2.24) is 30.4 Å². The first-order valence-electron chi connectivity index (χ1n) is 24.2. The number of amides is 2. The van der Waals surface area contributed by atoms with E-state index in [1.807, 2.05) is 56.3 Å². The SMILES string of the molecule is CC[C@H]1OC(=O)[C@H](C)[C@@H](OC(O)N2CCCCC2)[C@H](C)[C@@H](O[C@@H]2O[C@H](C)C[C@H](N(C)C)[C@H]2O)[C@](C)(OC(=O)NC/C=C/c2ccc(-c3ncccn3)cc2)C[C@@H](C)C(=O)[C@H](C)[C@H]2NC(=O)O[C@@]21C. The van der Waals surface area contributed by atoms with Gasteiger partial charge >= 0.3 is 18.2 Å². The number of Topliss-reactive ketones (excluding diaryl/α,β-unsaturated/α-hetero) is 1. The Kier molecular flexibility index (Phi) is 17.8. The number of alkyl carbamates (subject to hydrolysis) is 2. The summed E-state index contributed by atoms with van der Waals surface area (Å²) >= 11 is 0. The smallest absolute Gasteiger partial charge is 0.408 e. The number of benzene rings is 1. The molecule has 18 heteroatoms. The van der Waals surface area contributed by atoms with Gasteiger partial charge < -0.3 is 54.2 Å². The minimum atomic E-state index is -1.72. The van der Waals surface area contributed by atoms with E-state index < -0.39 is 96.2 Å². The molecular weight excluding hydrogens is 877 g/mol. The van der Waals surface area contributed by atoms with Crippen molar-refractivity contribution in [2.45, 2.75) is 160 Å². The zero-order chi connectivity index (χ0) is 49.5. The quantitative estimate of drug-likeness (QED) is 0.120. The molecule has 15 atom stereocenters. The topological polar surface area (TPSA) is 220 Å². The van der Waals surface area contributed by atoms with Gasteiger partial charge in [-0.3, -0.25) is 14.5 Å². The lowest BCUT2D eigenvalue weighted by Gasteiger charge is -2.48. The third kappa shape index (κ3) is 12.2. The number of carbonyl (C=O) groups is 4. The third-order valence-electron chi connectivity index (χ3n) is 14.4. The Hall–Kier alpha value is -4.56. The molecule has 18 nitrogen and oxygen atoms in total. The number of aromatic nitrogens is 2. The van der Waals surface area contributed by atoms with Gasteiger partial charge in [-0.25, -0.2) is 19.6 Å². The number of fused-ring (bicyclic) bond motifs is 1. The lowest BCUT2D eigenvalue weighted by Crippen LogP contribution is -2.62. The molecule has 4 aliphatic heterocycles. The molecule has 4 aliphatic rings. The van der Waals surface area contributed by atoms with Gasteiger partial charge in [0, 0.05) is 61.4 Å². The molecule has 0 spiro atoms. The summed E-state index contributed by atoms with van der Waals surface area (Å²) < 4.78 is 38.5. The summed E-state index contributed by atoms with van der Waals surface area (Å²) in [5, 5.41) is 29.3. The summed E-state index contributed by atoms with van der Waals surface area (Å²) in [5.74, 6) is -4.11. The van der Waals surface area contributed by atoms with Crippen LogP contribution in [0.25, 0.3) is 17.5 Å². The van der Waals surface area contributed by atoms with Crippen molar-refractivity contribution in [3.8, 4) is 11.4 Å². The van der Waals surface area contributed by atoms with Crippen LogP contribution in [0.15, 0.2) is 48.8 Å². The van der Waals surface area contributed by atoms with Gasteiger partial charge in [0.2, 0.25) is 6.41 Å². The second-order valence-electron chi connectivity index (χ2n) is 19.8. The number of ether oxygens (including phenoxy) is 6. The maximum atomic E-state index is 14.8. The number of likely N-dealkylation sites (N-methyl/N-ethyl adjacent to an activating group) is 1. The van der Waals surface area contributed by atoms with Gasteiger partial charge in [0.25, 0.3) is 0 Å². The number of nitrogens with zero attached hydrogens (tertiary/aromatic N) is 4. The Balaban J connectivity index is 1.39. The number of likely N-dealkylation sites (tertiary alicyclic amines) is 1. The molecule has 1 unspecified atom stereocenters. The fourth-order valence-electron chi connectivity index (χ4n) is 10.6. The van der Waals surface area contributed by atoms with Crippen LogP contribution in [-0.2, 0) is 38.0 Å².